The fraction of sp³-hybridized carbons (Fsp3) is 0.467. The largest absolute Gasteiger partial charge is 0.311 e. The van der Waals surface area contributed by atoms with Gasteiger partial charge in [0.05, 0.1) is 0 Å². The lowest BCUT2D eigenvalue weighted by atomic mass is 10.00. The van der Waals surface area contributed by atoms with Gasteiger partial charge in [0.2, 0.25) is 0 Å². The standard InChI is InChI=1S/C15H22FN/c1-11(2)14(10-17-12(3)4)9-13-5-7-15(16)8-6-13/h5-9,11-12,17H,10H2,1-4H3. The van der Waals surface area contributed by atoms with Crippen LogP contribution >= 0.6 is 0 Å². The topological polar surface area (TPSA) is 12.0 Å². The van der Waals surface area contributed by atoms with Gasteiger partial charge in [-0.05, 0) is 23.6 Å². The zero-order valence-corrected chi connectivity index (χ0v) is 11.1. The number of nitrogens with one attached hydrogen (secondary N) is 1. The third-order valence-electron chi connectivity index (χ3n) is 2.68. The van der Waals surface area contributed by atoms with E-state index in [0.29, 0.717) is 12.0 Å². The summed E-state index contributed by atoms with van der Waals surface area (Å²) in [5.74, 6) is 0.305. The summed E-state index contributed by atoms with van der Waals surface area (Å²) in [7, 11) is 0. The van der Waals surface area contributed by atoms with Crippen LogP contribution in [0.4, 0.5) is 4.39 Å². The van der Waals surface area contributed by atoms with Crippen molar-refractivity contribution in [2.45, 2.75) is 33.7 Å². The molecule has 0 heterocycles. The molecule has 0 aliphatic heterocycles. The van der Waals surface area contributed by atoms with E-state index in [1.165, 1.54) is 17.7 Å². The van der Waals surface area contributed by atoms with Gasteiger partial charge in [-0.15, -0.1) is 0 Å². The lowest BCUT2D eigenvalue weighted by Crippen LogP contribution is -2.26. The Morgan fingerprint density at radius 2 is 1.76 bits per heavy atom. The third kappa shape index (κ3) is 5.14. The number of benzene rings is 1. The Morgan fingerprint density at radius 3 is 2.24 bits per heavy atom. The summed E-state index contributed by atoms with van der Waals surface area (Å²) in [6.07, 6.45) is 2.14. The number of halogens is 1. The van der Waals surface area contributed by atoms with Gasteiger partial charge in [-0.2, -0.15) is 0 Å². The highest BCUT2D eigenvalue weighted by atomic mass is 19.1. The van der Waals surface area contributed by atoms with Gasteiger partial charge >= 0.3 is 0 Å². The van der Waals surface area contributed by atoms with Gasteiger partial charge in [-0.1, -0.05) is 51.5 Å². The van der Waals surface area contributed by atoms with Crippen LogP contribution in [0.5, 0.6) is 0 Å². The summed E-state index contributed by atoms with van der Waals surface area (Å²) in [4.78, 5) is 0. The van der Waals surface area contributed by atoms with Crippen molar-refractivity contribution in [2.24, 2.45) is 5.92 Å². The Bertz CT molecular complexity index is 363. The molecule has 0 aromatic heterocycles. The average molecular weight is 235 g/mol. The summed E-state index contributed by atoms with van der Waals surface area (Å²) in [5.41, 5.74) is 2.39. The zero-order chi connectivity index (χ0) is 12.8. The van der Waals surface area contributed by atoms with Crippen LogP contribution < -0.4 is 5.32 Å². The van der Waals surface area contributed by atoms with E-state index in [9.17, 15) is 4.39 Å². The molecule has 1 rings (SSSR count). The Labute approximate surface area is 104 Å². The highest BCUT2D eigenvalue weighted by molar-refractivity contribution is 5.53. The predicted molar refractivity (Wildman–Crippen MR) is 72.4 cm³/mol. The van der Waals surface area contributed by atoms with Crippen LogP contribution in [0.15, 0.2) is 29.8 Å². The summed E-state index contributed by atoms with van der Waals surface area (Å²) >= 11 is 0. The van der Waals surface area contributed by atoms with Crippen LogP contribution in [0.1, 0.15) is 33.3 Å². The minimum absolute atomic E-state index is 0.187. The van der Waals surface area contributed by atoms with Crippen LogP contribution in [0.2, 0.25) is 0 Å². The molecule has 1 nitrogen and oxygen atoms in total. The molecule has 0 radical (unpaired) electrons. The number of rotatable bonds is 5. The normalized spacial score (nSPS) is 12.5. The maximum atomic E-state index is 12.8. The Kier molecular flexibility index (Phi) is 5.36. The lowest BCUT2D eigenvalue weighted by molar-refractivity contribution is 0.593. The molecule has 0 saturated heterocycles. The molecular weight excluding hydrogens is 213 g/mol. The Balaban J connectivity index is 2.78. The van der Waals surface area contributed by atoms with Gasteiger partial charge in [0.25, 0.3) is 0 Å². The van der Waals surface area contributed by atoms with E-state index in [0.717, 1.165) is 12.1 Å². The minimum atomic E-state index is -0.187. The molecule has 0 amide bonds. The average Bonchev–Trinajstić information content (AvgIpc) is 2.26. The van der Waals surface area contributed by atoms with Gasteiger partial charge in [-0.25, -0.2) is 4.39 Å². The first-order chi connectivity index (χ1) is 7.99. The lowest BCUT2D eigenvalue weighted by Gasteiger charge is -2.15. The van der Waals surface area contributed by atoms with Gasteiger partial charge < -0.3 is 5.32 Å². The third-order valence-corrected chi connectivity index (χ3v) is 2.68. The Morgan fingerprint density at radius 1 is 1.18 bits per heavy atom. The Hall–Kier alpha value is -1.15. The molecule has 0 unspecified atom stereocenters. The quantitative estimate of drug-likeness (QED) is 0.817. The molecule has 0 aliphatic rings. The maximum Gasteiger partial charge on any atom is 0.123 e. The highest BCUT2D eigenvalue weighted by Gasteiger charge is 2.04. The van der Waals surface area contributed by atoms with Gasteiger partial charge in [0, 0.05) is 12.6 Å². The van der Waals surface area contributed by atoms with Crippen LogP contribution in [-0.2, 0) is 0 Å². The highest BCUT2D eigenvalue weighted by Crippen LogP contribution is 2.14. The van der Waals surface area contributed by atoms with Crippen molar-refractivity contribution < 1.29 is 4.39 Å². The van der Waals surface area contributed by atoms with Gasteiger partial charge in [0.1, 0.15) is 5.82 Å². The summed E-state index contributed by atoms with van der Waals surface area (Å²) in [6, 6.07) is 7.10. The van der Waals surface area contributed by atoms with Crippen LogP contribution in [0.25, 0.3) is 6.08 Å². The van der Waals surface area contributed by atoms with Crippen LogP contribution in [0.3, 0.4) is 0 Å². The predicted octanol–water partition coefficient (Wildman–Crippen LogP) is 3.86. The van der Waals surface area contributed by atoms with Crippen molar-refractivity contribution in [2.75, 3.05) is 6.54 Å². The first-order valence-corrected chi connectivity index (χ1v) is 6.18. The van der Waals surface area contributed by atoms with E-state index in [4.69, 9.17) is 0 Å². The van der Waals surface area contributed by atoms with E-state index in [1.54, 1.807) is 0 Å². The molecular formula is C15H22FN. The van der Waals surface area contributed by atoms with E-state index >= 15 is 0 Å². The fourth-order valence-corrected chi connectivity index (χ4v) is 1.52. The second-order valence-corrected chi connectivity index (χ2v) is 4.96. The number of hydrogen-bond donors (Lipinski definition) is 1. The second-order valence-electron chi connectivity index (χ2n) is 4.96. The molecule has 0 saturated carbocycles. The maximum absolute atomic E-state index is 12.8. The minimum Gasteiger partial charge on any atom is -0.311 e. The zero-order valence-electron chi connectivity index (χ0n) is 11.1. The first kappa shape index (κ1) is 13.9. The molecule has 2 heteroatoms. The van der Waals surface area contributed by atoms with E-state index < -0.39 is 0 Å². The summed E-state index contributed by atoms with van der Waals surface area (Å²) in [6.45, 7) is 9.51. The first-order valence-electron chi connectivity index (χ1n) is 6.18. The SMILES string of the molecule is CC(C)NCC(=Cc1ccc(F)cc1)C(C)C. The van der Waals surface area contributed by atoms with Crippen molar-refractivity contribution in [3.8, 4) is 0 Å². The molecule has 1 aromatic carbocycles. The number of hydrogen-bond acceptors (Lipinski definition) is 1. The van der Waals surface area contributed by atoms with E-state index in [2.05, 4.69) is 39.1 Å². The second kappa shape index (κ2) is 6.55. The monoisotopic (exact) mass is 235 g/mol. The van der Waals surface area contributed by atoms with E-state index in [1.807, 2.05) is 12.1 Å². The van der Waals surface area contributed by atoms with Crippen LogP contribution in [0, 0.1) is 11.7 Å². The molecule has 94 valence electrons. The molecule has 0 spiro atoms. The van der Waals surface area contributed by atoms with Crippen molar-refractivity contribution in [3.63, 3.8) is 0 Å². The molecule has 1 N–H and O–H groups in total. The summed E-state index contributed by atoms with van der Waals surface area (Å²) in [5, 5.41) is 3.42. The molecule has 0 bridgehead atoms. The molecule has 0 fully saturated rings. The van der Waals surface area contributed by atoms with Crippen molar-refractivity contribution in [1.29, 1.82) is 0 Å². The van der Waals surface area contributed by atoms with Gasteiger partial charge in [0.15, 0.2) is 0 Å². The van der Waals surface area contributed by atoms with Gasteiger partial charge in [-0.3, -0.25) is 0 Å². The molecule has 17 heavy (non-hydrogen) atoms. The molecule has 0 atom stereocenters. The van der Waals surface area contributed by atoms with Crippen LogP contribution in [-0.4, -0.2) is 12.6 Å². The molecule has 0 aliphatic carbocycles. The van der Waals surface area contributed by atoms with E-state index in [-0.39, 0.29) is 5.82 Å². The molecule has 1 aromatic rings. The van der Waals surface area contributed by atoms with Crippen molar-refractivity contribution in [1.82, 2.24) is 5.32 Å². The fourth-order valence-electron chi connectivity index (χ4n) is 1.52. The van der Waals surface area contributed by atoms with Crippen molar-refractivity contribution >= 4 is 6.08 Å². The van der Waals surface area contributed by atoms with Crippen molar-refractivity contribution in [3.05, 3.63) is 41.2 Å². The summed E-state index contributed by atoms with van der Waals surface area (Å²) < 4.78 is 12.8. The smallest absolute Gasteiger partial charge is 0.123 e.